The maximum absolute atomic E-state index is 6.39. The fourth-order valence-electron chi connectivity index (χ4n) is 5.89. The number of rotatable bonds is 0. The summed E-state index contributed by atoms with van der Waals surface area (Å²) < 4.78 is 6.39. The second kappa shape index (κ2) is 3.63. The third kappa shape index (κ3) is 1.41. The van der Waals surface area contributed by atoms with Crippen LogP contribution in [0.3, 0.4) is 0 Å². The van der Waals surface area contributed by atoms with Crippen molar-refractivity contribution in [3.05, 3.63) is 41.0 Å². The highest BCUT2D eigenvalue weighted by Gasteiger charge is 2.66. The summed E-state index contributed by atoms with van der Waals surface area (Å²) in [6.07, 6.45) is 5.10. The van der Waals surface area contributed by atoms with E-state index in [-0.39, 0.29) is 5.60 Å². The second-order valence-electron chi connectivity index (χ2n) is 8.43. The third-order valence-electron chi connectivity index (χ3n) is 7.09. The number of hydrogen-bond donors (Lipinski definition) is 0. The zero-order valence-electron chi connectivity index (χ0n) is 13.2. The quantitative estimate of drug-likeness (QED) is 0.673. The fraction of sp³-hybridized carbons (Fsp3) is 0.600. The molecule has 0 amide bonds. The molecule has 2 saturated carbocycles. The van der Waals surface area contributed by atoms with E-state index in [1.807, 2.05) is 0 Å². The van der Waals surface area contributed by atoms with Gasteiger partial charge in [0.2, 0.25) is 0 Å². The molecule has 3 aliphatic carbocycles. The molecule has 3 fully saturated rings. The van der Waals surface area contributed by atoms with Crippen LogP contribution in [-0.2, 0) is 4.74 Å². The summed E-state index contributed by atoms with van der Waals surface area (Å²) in [4.78, 5) is 0. The van der Waals surface area contributed by atoms with E-state index in [0.717, 1.165) is 18.4 Å². The Kier molecular flexibility index (Phi) is 2.15. The Labute approximate surface area is 127 Å². The molecule has 1 aromatic carbocycles. The van der Waals surface area contributed by atoms with Crippen molar-refractivity contribution in [3.63, 3.8) is 0 Å². The number of benzene rings is 1. The highest BCUT2D eigenvalue weighted by Crippen LogP contribution is 2.71. The van der Waals surface area contributed by atoms with Crippen LogP contribution in [0.1, 0.15) is 50.7 Å². The van der Waals surface area contributed by atoms with Crippen LogP contribution in [-0.4, -0.2) is 12.2 Å². The number of hydrogen-bond acceptors (Lipinski definition) is 1. The average molecular weight is 280 g/mol. The van der Waals surface area contributed by atoms with E-state index < -0.39 is 0 Å². The number of fused-ring (bicyclic) bond motifs is 4. The van der Waals surface area contributed by atoms with Gasteiger partial charge in [-0.15, -0.1) is 0 Å². The van der Waals surface area contributed by atoms with Crippen LogP contribution in [0.5, 0.6) is 0 Å². The molecular weight excluding hydrogens is 256 g/mol. The average Bonchev–Trinajstić information content (AvgIpc) is 2.89. The molecule has 0 radical (unpaired) electrons. The van der Waals surface area contributed by atoms with Crippen molar-refractivity contribution in [1.82, 2.24) is 0 Å². The molecule has 1 aliphatic heterocycles. The maximum Gasteiger partial charge on any atom is 0.0726 e. The third-order valence-corrected chi connectivity index (χ3v) is 7.09. The van der Waals surface area contributed by atoms with Gasteiger partial charge in [0.25, 0.3) is 0 Å². The predicted molar refractivity (Wildman–Crippen MR) is 85.0 cm³/mol. The Bertz CT molecular complexity index is 656. The van der Waals surface area contributed by atoms with Gasteiger partial charge in [0, 0.05) is 11.8 Å². The van der Waals surface area contributed by atoms with Gasteiger partial charge in [-0.2, -0.15) is 0 Å². The first-order valence-electron chi connectivity index (χ1n) is 8.47. The minimum absolute atomic E-state index is 0.0769. The molecule has 1 nitrogen and oxygen atoms in total. The highest BCUT2D eigenvalue weighted by atomic mass is 16.5. The van der Waals surface area contributed by atoms with Gasteiger partial charge in [-0.25, -0.2) is 0 Å². The molecule has 1 saturated heterocycles. The van der Waals surface area contributed by atoms with Crippen LogP contribution in [0.25, 0.3) is 6.08 Å². The Hall–Kier alpha value is -1.08. The summed E-state index contributed by atoms with van der Waals surface area (Å²) >= 11 is 0. The Morgan fingerprint density at radius 3 is 2.76 bits per heavy atom. The summed E-state index contributed by atoms with van der Waals surface area (Å²) in [5.41, 5.74) is 5.27. The van der Waals surface area contributed by atoms with Crippen LogP contribution < -0.4 is 0 Å². The molecule has 0 N–H and O–H groups in total. The summed E-state index contributed by atoms with van der Waals surface area (Å²) in [7, 11) is 0. The second-order valence-corrected chi connectivity index (χ2v) is 8.43. The van der Waals surface area contributed by atoms with Gasteiger partial charge in [0.15, 0.2) is 0 Å². The summed E-state index contributed by atoms with van der Waals surface area (Å²) in [5, 5.41) is 0. The molecule has 21 heavy (non-hydrogen) atoms. The van der Waals surface area contributed by atoms with Crippen LogP contribution in [0.15, 0.2) is 29.8 Å². The van der Waals surface area contributed by atoms with E-state index in [4.69, 9.17) is 4.74 Å². The van der Waals surface area contributed by atoms with Gasteiger partial charge in [-0.05, 0) is 48.1 Å². The van der Waals surface area contributed by atoms with Crippen molar-refractivity contribution in [2.75, 3.05) is 6.61 Å². The fourth-order valence-corrected chi connectivity index (χ4v) is 5.89. The van der Waals surface area contributed by atoms with Gasteiger partial charge >= 0.3 is 0 Å². The predicted octanol–water partition coefficient (Wildman–Crippen LogP) is 4.64. The molecule has 4 aliphatic rings. The van der Waals surface area contributed by atoms with Gasteiger partial charge in [-0.1, -0.05) is 49.8 Å². The Morgan fingerprint density at radius 1 is 1.10 bits per heavy atom. The van der Waals surface area contributed by atoms with Crippen molar-refractivity contribution < 1.29 is 4.74 Å². The normalized spacial score (nSPS) is 45.0. The molecule has 1 heterocycles. The van der Waals surface area contributed by atoms with Crippen LogP contribution in [0.4, 0.5) is 0 Å². The first-order valence-corrected chi connectivity index (χ1v) is 8.47. The van der Waals surface area contributed by atoms with E-state index in [1.165, 1.54) is 24.0 Å². The highest BCUT2D eigenvalue weighted by molar-refractivity contribution is 5.65. The van der Waals surface area contributed by atoms with Crippen molar-refractivity contribution in [2.24, 2.45) is 23.2 Å². The van der Waals surface area contributed by atoms with E-state index >= 15 is 0 Å². The van der Waals surface area contributed by atoms with Crippen LogP contribution in [0, 0.1) is 23.2 Å². The monoisotopic (exact) mass is 280 g/mol. The summed E-state index contributed by atoms with van der Waals surface area (Å²) in [5.74, 6) is 2.87. The largest absolute Gasteiger partial charge is 0.374 e. The van der Waals surface area contributed by atoms with Gasteiger partial charge in [-0.3, -0.25) is 0 Å². The van der Waals surface area contributed by atoms with E-state index in [0.29, 0.717) is 17.3 Å². The van der Waals surface area contributed by atoms with Gasteiger partial charge < -0.3 is 4.74 Å². The molecule has 0 unspecified atom stereocenters. The lowest BCUT2D eigenvalue weighted by atomic mass is 9.67. The van der Waals surface area contributed by atoms with E-state index in [9.17, 15) is 0 Å². The molecule has 5 atom stereocenters. The lowest BCUT2D eigenvalue weighted by molar-refractivity contribution is -0.00636. The molecule has 0 aromatic heterocycles. The molecule has 0 bridgehead atoms. The Balaban J connectivity index is 1.73. The smallest absolute Gasteiger partial charge is 0.0726 e. The standard InChI is InChI=1S/C20H24O/c1-19(2)16-8-9-20(3)17-14(18(16)19)10-12-6-4-5-7-13(12)15(17)11-21-20/h4-7,10,15-18H,8-9,11H2,1-3H3/t15-,16+,17-,18-,20-/m1/s1. The van der Waals surface area contributed by atoms with Crippen LogP contribution >= 0.6 is 0 Å². The zero-order chi connectivity index (χ0) is 14.4. The minimum Gasteiger partial charge on any atom is -0.374 e. The Morgan fingerprint density at radius 2 is 1.90 bits per heavy atom. The summed E-state index contributed by atoms with van der Waals surface area (Å²) in [6.45, 7) is 8.22. The van der Waals surface area contributed by atoms with Gasteiger partial charge in [0.1, 0.15) is 0 Å². The topological polar surface area (TPSA) is 9.23 Å². The zero-order valence-corrected chi connectivity index (χ0v) is 13.2. The van der Waals surface area contributed by atoms with Crippen molar-refractivity contribution in [2.45, 2.75) is 45.1 Å². The van der Waals surface area contributed by atoms with Crippen molar-refractivity contribution in [1.29, 1.82) is 0 Å². The minimum atomic E-state index is 0.0769. The molecule has 5 rings (SSSR count). The SMILES string of the molecule is CC1(C)[C@@H]2C3=Cc4ccccc4[C@H]4CO[C@](C)(CC[C@@H]21)[C@H]34. The van der Waals surface area contributed by atoms with E-state index in [2.05, 4.69) is 51.1 Å². The molecule has 0 spiro atoms. The number of ether oxygens (including phenoxy) is 1. The van der Waals surface area contributed by atoms with Crippen LogP contribution in [0.2, 0.25) is 0 Å². The summed E-state index contributed by atoms with van der Waals surface area (Å²) in [6, 6.07) is 8.98. The lowest BCUT2D eigenvalue weighted by Gasteiger charge is -2.37. The van der Waals surface area contributed by atoms with Gasteiger partial charge in [0.05, 0.1) is 12.2 Å². The lowest BCUT2D eigenvalue weighted by Crippen LogP contribution is -2.36. The first-order chi connectivity index (χ1) is 10.0. The molecule has 110 valence electrons. The maximum atomic E-state index is 6.39. The first kappa shape index (κ1) is 12.5. The molecular formula is C20H24O. The molecule has 1 heteroatoms. The van der Waals surface area contributed by atoms with E-state index in [1.54, 1.807) is 5.57 Å². The molecule has 1 aromatic rings. The van der Waals surface area contributed by atoms with Crippen molar-refractivity contribution >= 4 is 6.08 Å². The van der Waals surface area contributed by atoms with Crippen molar-refractivity contribution in [3.8, 4) is 0 Å².